The lowest BCUT2D eigenvalue weighted by Gasteiger charge is -2.11. The second kappa shape index (κ2) is 5.80. The van der Waals surface area contributed by atoms with Gasteiger partial charge in [-0.2, -0.15) is 13.2 Å². The molecule has 0 radical (unpaired) electrons. The summed E-state index contributed by atoms with van der Waals surface area (Å²) in [4.78, 5) is 15.7. The zero-order chi connectivity index (χ0) is 15.6. The highest BCUT2D eigenvalue weighted by Crippen LogP contribution is 2.31. The number of carbonyl (C=O) groups is 1. The number of halogens is 5. The van der Waals surface area contributed by atoms with E-state index >= 15 is 0 Å². The molecule has 0 aliphatic carbocycles. The molecule has 0 atom stereocenters. The fourth-order valence-corrected chi connectivity index (χ4v) is 1.90. The SMILES string of the molecule is O=C(Nc1cc(C(F)(F)F)ccc1F)c1ccnc(Br)c1. The minimum absolute atomic E-state index is 0.133. The second-order valence-corrected chi connectivity index (χ2v) is 4.83. The van der Waals surface area contributed by atoms with Crippen molar-refractivity contribution >= 4 is 27.5 Å². The first-order valence-corrected chi connectivity index (χ1v) is 6.36. The molecular weight excluding hydrogens is 356 g/mol. The maximum atomic E-state index is 13.5. The average Bonchev–Trinajstić information content (AvgIpc) is 2.40. The number of hydrogen-bond acceptors (Lipinski definition) is 2. The molecule has 8 heteroatoms. The highest BCUT2D eigenvalue weighted by atomic mass is 79.9. The van der Waals surface area contributed by atoms with Crippen molar-refractivity contribution < 1.29 is 22.4 Å². The number of hydrogen-bond donors (Lipinski definition) is 1. The molecule has 0 saturated heterocycles. The maximum Gasteiger partial charge on any atom is 0.416 e. The number of rotatable bonds is 2. The lowest BCUT2D eigenvalue weighted by molar-refractivity contribution is -0.137. The molecule has 1 amide bonds. The number of pyridine rings is 1. The van der Waals surface area contributed by atoms with Crippen molar-refractivity contribution in [2.24, 2.45) is 0 Å². The van der Waals surface area contributed by atoms with Gasteiger partial charge in [0.1, 0.15) is 10.4 Å². The maximum absolute atomic E-state index is 13.5. The van der Waals surface area contributed by atoms with Crippen LogP contribution in [0.3, 0.4) is 0 Å². The first-order valence-electron chi connectivity index (χ1n) is 5.57. The largest absolute Gasteiger partial charge is 0.416 e. The molecule has 3 nitrogen and oxygen atoms in total. The van der Waals surface area contributed by atoms with E-state index in [4.69, 9.17) is 0 Å². The van der Waals surface area contributed by atoms with Crippen LogP contribution in [0, 0.1) is 5.82 Å². The Kier molecular flexibility index (Phi) is 4.26. The summed E-state index contributed by atoms with van der Waals surface area (Å²) < 4.78 is 51.6. The highest BCUT2D eigenvalue weighted by Gasteiger charge is 2.31. The van der Waals surface area contributed by atoms with E-state index in [0.717, 1.165) is 0 Å². The van der Waals surface area contributed by atoms with Crippen LogP contribution >= 0.6 is 15.9 Å². The molecule has 1 heterocycles. The molecule has 0 fully saturated rings. The number of aromatic nitrogens is 1. The second-order valence-electron chi connectivity index (χ2n) is 4.01. The Morgan fingerprint density at radius 1 is 1.19 bits per heavy atom. The number of anilines is 1. The lowest BCUT2D eigenvalue weighted by Crippen LogP contribution is -2.14. The van der Waals surface area contributed by atoms with Crippen LogP contribution in [0.5, 0.6) is 0 Å². The van der Waals surface area contributed by atoms with Crippen LogP contribution in [0.25, 0.3) is 0 Å². The van der Waals surface area contributed by atoms with Gasteiger partial charge in [0, 0.05) is 11.8 Å². The van der Waals surface area contributed by atoms with Gasteiger partial charge >= 0.3 is 6.18 Å². The summed E-state index contributed by atoms with van der Waals surface area (Å²) >= 11 is 3.05. The summed E-state index contributed by atoms with van der Waals surface area (Å²) in [6.45, 7) is 0. The van der Waals surface area contributed by atoms with Gasteiger partial charge < -0.3 is 5.32 Å². The summed E-state index contributed by atoms with van der Waals surface area (Å²) in [5.74, 6) is -1.69. The summed E-state index contributed by atoms with van der Waals surface area (Å²) in [5, 5.41) is 2.10. The third-order valence-corrected chi connectivity index (χ3v) is 2.96. The number of carbonyl (C=O) groups excluding carboxylic acids is 1. The predicted octanol–water partition coefficient (Wildman–Crippen LogP) is 4.25. The van der Waals surface area contributed by atoms with Crippen LogP contribution in [0.1, 0.15) is 15.9 Å². The Labute approximate surface area is 125 Å². The van der Waals surface area contributed by atoms with E-state index in [1.54, 1.807) is 0 Å². The first-order chi connectivity index (χ1) is 9.77. The van der Waals surface area contributed by atoms with Crippen LogP contribution in [0.15, 0.2) is 41.1 Å². The van der Waals surface area contributed by atoms with Gasteiger partial charge in [0.2, 0.25) is 0 Å². The van der Waals surface area contributed by atoms with Crippen molar-refractivity contribution in [1.29, 1.82) is 0 Å². The molecule has 21 heavy (non-hydrogen) atoms. The average molecular weight is 363 g/mol. The summed E-state index contributed by atoms with van der Waals surface area (Å²) in [6, 6.07) is 4.52. The van der Waals surface area contributed by atoms with Crippen molar-refractivity contribution in [3.05, 3.63) is 58.1 Å². The van der Waals surface area contributed by atoms with Crippen LogP contribution < -0.4 is 5.32 Å². The van der Waals surface area contributed by atoms with Crippen molar-refractivity contribution in [3.63, 3.8) is 0 Å². The fraction of sp³-hybridized carbons (Fsp3) is 0.0769. The monoisotopic (exact) mass is 362 g/mol. The van der Waals surface area contributed by atoms with Crippen LogP contribution in [-0.2, 0) is 6.18 Å². The molecule has 1 aromatic carbocycles. The Morgan fingerprint density at radius 2 is 1.90 bits per heavy atom. The van der Waals surface area contributed by atoms with Crippen molar-refractivity contribution in [2.75, 3.05) is 5.32 Å². The topological polar surface area (TPSA) is 42.0 Å². The van der Waals surface area contributed by atoms with Crippen molar-refractivity contribution in [3.8, 4) is 0 Å². The third kappa shape index (κ3) is 3.78. The molecule has 1 aromatic heterocycles. The van der Waals surface area contributed by atoms with E-state index in [0.29, 0.717) is 22.8 Å². The van der Waals surface area contributed by atoms with Crippen LogP contribution in [-0.4, -0.2) is 10.9 Å². The van der Waals surface area contributed by atoms with Gasteiger partial charge in [-0.3, -0.25) is 4.79 Å². The number of alkyl halides is 3. The van der Waals surface area contributed by atoms with Crippen LogP contribution in [0.4, 0.5) is 23.2 Å². The minimum Gasteiger partial charge on any atom is -0.319 e. The Hall–Kier alpha value is -1.96. The lowest BCUT2D eigenvalue weighted by atomic mass is 10.1. The Balaban J connectivity index is 2.29. The molecule has 0 bridgehead atoms. The van der Waals surface area contributed by atoms with Gasteiger partial charge in [0.25, 0.3) is 5.91 Å². The molecule has 0 aliphatic heterocycles. The van der Waals surface area contributed by atoms with Crippen molar-refractivity contribution in [1.82, 2.24) is 4.98 Å². The van der Waals surface area contributed by atoms with E-state index in [9.17, 15) is 22.4 Å². The van der Waals surface area contributed by atoms with Gasteiger partial charge in [0.15, 0.2) is 0 Å². The Morgan fingerprint density at radius 3 is 2.52 bits per heavy atom. The molecular formula is C13H7BrF4N2O. The molecule has 0 spiro atoms. The number of nitrogens with zero attached hydrogens (tertiary/aromatic N) is 1. The summed E-state index contributed by atoms with van der Waals surface area (Å²) in [7, 11) is 0. The molecule has 1 N–H and O–H groups in total. The molecule has 0 unspecified atom stereocenters. The van der Waals surface area contributed by atoms with Crippen LogP contribution in [0.2, 0.25) is 0 Å². The quantitative estimate of drug-likeness (QED) is 0.640. The molecule has 0 aliphatic rings. The van der Waals surface area contributed by atoms with Gasteiger partial charge in [-0.05, 0) is 46.3 Å². The third-order valence-electron chi connectivity index (χ3n) is 2.53. The number of nitrogens with one attached hydrogen (secondary N) is 1. The molecule has 2 aromatic rings. The van der Waals surface area contributed by atoms with Gasteiger partial charge in [-0.25, -0.2) is 9.37 Å². The van der Waals surface area contributed by atoms with Gasteiger partial charge in [-0.15, -0.1) is 0 Å². The predicted molar refractivity (Wildman–Crippen MR) is 71.3 cm³/mol. The van der Waals surface area contributed by atoms with E-state index in [1.165, 1.54) is 18.3 Å². The van der Waals surface area contributed by atoms with E-state index in [1.807, 2.05) is 0 Å². The number of benzene rings is 1. The molecule has 2 rings (SSSR count). The minimum atomic E-state index is -4.62. The van der Waals surface area contributed by atoms with E-state index in [2.05, 4.69) is 26.2 Å². The standard InChI is InChI=1S/C13H7BrF4N2O/c14-11-5-7(3-4-19-11)12(21)20-10-6-8(13(16,17)18)1-2-9(10)15/h1-6H,(H,20,21). The zero-order valence-corrected chi connectivity index (χ0v) is 11.8. The molecule has 0 saturated carbocycles. The first kappa shape index (κ1) is 15.4. The smallest absolute Gasteiger partial charge is 0.319 e. The Bertz CT molecular complexity index is 688. The summed E-state index contributed by atoms with van der Waals surface area (Å²) in [6.07, 6.45) is -3.28. The normalized spacial score (nSPS) is 11.3. The van der Waals surface area contributed by atoms with Crippen molar-refractivity contribution in [2.45, 2.75) is 6.18 Å². The fourth-order valence-electron chi connectivity index (χ4n) is 1.54. The van der Waals surface area contributed by atoms with Gasteiger partial charge in [0.05, 0.1) is 11.3 Å². The summed E-state index contributed by atoms with van der Waals surface area (Å²) in [5.41, 5.74) is -1.45. The zero-order valence-electron chi connectivity index (χ0n) is 10.2. The van der Waals surface area contributed by atoms with Gasteiger partial charge in [-0.1, -0.05) is 0 Å². The number of amides is 1. The highest BCUT2D eigenvalue weighted by molar-refractivity contribution is 9.10. The van der Waals surface area contributed by atoms with E-state index < -0.39 is 29.2 Å². The molecule has 110 valence electrons. The van der Waals surface area contributed by atoms with E-state index in [-0.39, 0.29) is 5.56 Å².